The van der Waals surface area contributed by atoms with Gasteiger partial charge in [0, 0.05) is 26.3 Å². The van der Waals surface area contributed by atoms with Crippen LogP contribution in [-0.4, -0.2) is 25.1 Å². The number of rotatable bonds is 6. The van der Waals surface area contributed by atoms with E-state index < -0.39 is 0 Å². The second-order valence-electron chi connectivity index (χ2n) is 4.69. The molecule has 0 aromatic carbocycles. The summed E-state index contributed by atoms with van der Waals surface area (Å²) >= 11 is 6.21. The van der Waals surface area contributed by atoms with Gasteiger partial charge in [0.1, 0.15) is 5.82 Å². The van der Waals surface area contributed by atoms with Gasteiger partial charge in [0.25, 0.3) is 0 Å². The van der Waals surface area contributed by atoms with Gasteiger partial charge >= 0.3 is 0 Å². The Morgan fingerprint density at radius 1 is 1.47 bits per heavy atom. The number of hydrogen-bond donors (Lipinski definition) is 1. The monoisotopic (exact) mass is 255 g/mol. The number of nitrogens with zero attached hydrogens (tertiary/aromatic N) is 2. The standard InChI is InChI=1S/C13H22ClN3/c1-5-17(4)13-12(14)6-11(9-16-13)8-15-7-10(2)3/h6,9-10,15H,5,7-8H2,1-4H3. The molecule has 0 bridgehead atoms. The summed E-state index contributed by atoms with van der Waals surface area (Å²) in [5, 5.41) is 4.10. The minimum absolute atomic E-state index is 0.656. The molecule has 17 heavy (non-hydrogen) atoms. The first-order chi connectivity index (χ1) is 8.04. The molecule has 1 aromatic heterocycles. The summed E-state index contributed by atoms with van der Waals surface area (Å²) in [7, 11) is 1.99. The molecule has 1 heterocycles. The third kappa shape index (κ3) is 4.52. The van der Waals surface area contributed by atoms with Crippen LogP contribution in [0, 0.1) is 5.92 Å². The highest BCUT2D eigenvalue weighted by Gasteiger charge is 2.07. The molecule has 0 saturated heterocycles. The fraction of sp³-hybridized carbons (Fsp3) is 0.615. The number of hydrogen-bond acceptors (Lipinski definition) is 3. The van der Waals surface area contributed by atoms with Gasteiger partial charge in [-0.25, -0.2) is 4.98 Å². The summed E-state index contributed by atoms with van der Waals surface area (Å²) < 4.78 is 0. The lowest BCUT2D eigenvalue weighted by molar-refractivity contribution is 0.552. The third-order valence-corrected chi connectivity index (χ3v) is 2.87. The quantitative estimate of drug-likeness (QED) is 0.847. The Morgan fingerprint density at radius 2 is 2.18 bits per heavy atom. The molecule has 0 spiro atoms. The van der Waals surface area contributed by atoms with E-state index in [2.05, 4.69) is 31.1 Å². The Bertz CT molecular complexity index is 353. The van der Waals surface area contributed by atoms with Crippen molar-refractivity contribution >= 4 is 17.4 Å². The maximum absolute atomic E-state index is 6.21. The fourth-order valence-corrected chi connectivity index (χ4v) is 1.84. The molecule has 0 unspecified atom stereocenters. The highest BCUT2D eigenvalue weighted by Crippen LogP contribution is 2.22. The van der Waals surface area contributed by atoms with Gasteiger partial charge in [-0.3, -0.25) is 0 Å². The topological polar surface area (TPSA) is 28.2 Å². The van der Waals surface area contributed by atoms with Crippen LogP contribution in [0.4, 0.5) is 5.82 Å². The molecule has 1 rings (SSSR count). The minimum atomic E-state index is 0.656. The lowest BCUT2D eigenvalue weighted by atomic mass is 10.2. The van der Waals surface area contributed by atoms with Gasteiger partial charge in [-0.05, 0) is 31.0 Å². The average Bonchev–Trinajstić information content (AvgIpc) is 2.28. The van der Waals surface area contributed by atoms with E-state index in [-0.39, 0.29) is 0 Å². The molecule has 0 aliphatic carbocycles. The zero-order valence-electron chi connectivity index (χ0n) is 11.1. The molecule has 0 radical (unpaired) electrons. The van der Waals surface area contributed by atoms with Crippen molar-refractivity contribution in [2.24, 2.45) is 5.92 Å². The lowest BCUT2D eigenvalue weighted by Crippen LogP contribution is -2.20. The zero-order chi connectivity index (χ0) is 12.8. The fourth-order valence-electron chi connectivity index (χ4n) is 1.50. The Labute approximate surface area is 109 Å². The van der Waals surface area contributed by atoms with E-state index in [0.717, 1.165) is 36.0 Å². The van der Waals surface area contributed by atoms with E-state index in [4.69, 9.17) is 11.6 Å². The molecule has 96 valence electrons. The van der Waals surface area contributed by atoms with Crippen molar-refractivity contribution in [3.63, 3.8) is 0 Å². The van der Waals surface area contributed by atoms with Crippen molar-refractivity contribution < 1.29 is 0 Å². The first kappa shape index (κ1) is 14.3. The molecular formula is C13H22ClN3. The van der Waals surface area contributed by atoms with Crippen molar-refractivity contribution in [2.45, 2.75) is 27.3 Å². The first-order valence-electron chi connectivity index (χ1n) is 6.10. The van der Waals surface area contributed by atoms with E-state index in [1.165, 1.54) is 0 Å². The van der Waals surface area contributed by atoms with Crippen molar-refractivity contribution in [1.29, 1.82) is 0 Å². The highest BCUT2D eigenvalue weighted by atomic mass is 35.5. The predicted octanol–water partition coefficient (Wildman–Crippen LogP) is 2.94. The van der Waals surface area contributed by atoms with E-state index in [1.54, 1.807) is 0 Å². The maximum Gasteiger partial charge on any atom is 0.147 e. The molecule has 0 aliphatic rings. The normalized spacial score (nSPS) is 10.9. The molecule has 1 aromatic rings. The smallest absolute Gasteiger partial charge is 0.147 e. The summed E-state index contributed by atoms with van der Waals surface area (Å²) in [5.74, 6) is 1.51. The van der Waals surface area contributed by atoms with Gasteiger partial charge < -0.3 is 10.2 Å². The molecule has 1 N–H and O–H groups in total. The summed E-state index contributed by atoms with van der Waals surface area (Å²) in [4.78, 5) is 6.44. The van der Waals surface area contributed by atoms with Crippen LogP contribution in [0.1, 0.15) is 26.3 Å². The van der Waals surface area contributed by atoms with Gasteiger partial charge in [-0.15, -0.1) is 0 Å². The Hall–Kier alpha value is -0.800. The summed E-state index contributed by atoms with van der Waals surface area (Å²) in [5.41, 5.74) is 1.13. The Kier molecular flexibility index (Phi) is 5.72. The van der Waals surface area contributed by atoms with Crippen LogP contribution in [0.5, 0.6) is 0 Å². The van der Waals surface area contributed by atoms with Crippen molar-refractivity contribution in [1.82, 2.24) is 10.3 Å². The maximum atomic E-state index is 6.21. The molecule has 3 nitrogen and oxygen atoms in total. The van der Waals surface area contributed by atoms with Crippen LogP contribution in [0.15, 0.2) is 12.3 Å². The van der Waals surface area contributed by atoms with Crippen molar-refractivity contribution in [3.8, 4) is 0 Å². The molecule has 0 amide bonds. The van der Waals surface area contributed by atoms with E-state index in [1.807, 2.05) is 24.2 Å². The van der Waals surface area contributed by atoms with E-state index >= 15 is 0 Å². The second kappa shape index (κ2) is 6.82. The number of halogens is 1. The van der Waals surface area contributed by atoms with Crippen molar-refractivity contribution in [2.75, 3.05) is 25.0 Å². The number of nitrogens with one attached hydrogen (secondary N) is 1. The molecule has 0 aliphatic heterocycles. The molecule has 0 fully saturated rings. The lowest BCUT2D eigenvalue weighted by Gasteiger charge is -2.17. The zero-order valence-corrected chi connectivity index (χ0v) is 11.9. The molecule has 4 heteroatoms. The first-order valence-corrected chi connectivity index (χ1v) is 6.48. The van der Waals surface area contributed by atoms with Gasteiger partial charge in [0.2, 0.25) is 0 Å². The number of pyridine rings is 1. The molecule has 0 atom stereocenters. The van der Waals surface area contributed by atoms with Crippen LogP contribution < -0.4 is 10.2 Å². The summed E-state index contributed by atoms with van der Waals surface area (Å²) in [6, 6.07) is 1.99. The van der Waals surface area contributed by atoms with Crippen LogP contribution in [-0.2, 0) is 6.54 Å². The molecular weight excluding hydrogens is 234 g/mol. The van der Waals surface area contributed by atoms with Gasteiger partial charge in [0.05, 0.1) is 5.02 Å². The highest BCUT2D eigenvalue weighted by molar-refractivity contribution is 6.33. The number of anilines is 1. The van der Waals surface area contributed by atoms with Gasteiger partial charge in [0.15, 0.2) is 0 Å². The van der Waals surface area contributed by atoms with E-state index in [9.17, 15) is 0 Å². The largest absolute Gasteiger partial charge is 0.359 e. The van der Waals surface area contributed by atoms with Crippen LogP contribution >= 0.6 is 11.6 Å². The van der Waals surface area contributed by atoms with Crippen molar-refractivity contribution in [3.05, 3.63) is 22.8 Å². The SMILES string of the molecule is CCN(C)c1ncc(CNCC(C)C)cc1Cl. The van der Waals surface area contributed by atoms with Gasteiger partial charge in [-0.2, -0.15) is 0 Å². The number of aromatic nitrogens is 1. The Balaban J connectivity index is 2.62. The third-order valence-electron chi connectivity index (χ3n) is 2.60. The Morgan fingerprint density at radius 3 is 2.71 bits per heavy atom. The van der Waals surface area contributed by atoms with E-state index in [0.29, 0.717) is 5.92 Å². The van der Waals surface area contributed by atoms with Crippen LogP contribution in [0.3, 0.4) is 0 Å². The molecule has 0 saturated carbocycles. The van der Waals surface area contributed by atoms with Gasteiger partial charge in [-0.1, -0.05) is 25.4 Å². The predicted molar refractivity (Wildman–Crippen MR) is 74.7 cm³/mol. The van der Waals surface area contributed by atoms with Crippen LogP contribution in [0.2, 0.25) is 5.02 Å². The summed E-state index contributed by atoms with van der Waals surface area (Å²) in [6.45, 7) is 9.19. The summed E-state index contributed by atoms with van der Waals surface area (Å²) in [6.07, 6.45) is 1.89. The average molecular weight is 256 g/mol. The van der Waals surface area contributed by atoms with Crippen LogP contribution in [0.25, 0.3) is 0 Å². The second-order valence-corrected chi connectivity index (χ2v) is 5.10. The minimum Gasteiger partial charge on any atom is -0.359 e.